The smallest absolute Gasteiger partial charge is 0.273 e. The van der Waals surface area contributed by atoms with Crippen LogP contribution in [0.15, 0.2) is 4.52 Å². The number of amides is 1. The third-order valence-corrected chi connectivity index (χ3v) is 3.15. The Bertz CT molecular complexity index is 417. The monoisotopic (exact) mass is 268 g/mol. The third kappa shape index (κ3) is 3.78. The van der Waals surface area contributed by atoms with Crippen LogP contribution in [-0.2, 0) is 17.6 Å². The van der Waals surface area contributed by atoms with Crippen LogP contribution in [0.1, 0.15) is 41.1 Å². The topological polar surface area (TPSA) is 84.6 Å². The average molecular weight is 268 g/mol. The van der Waals surface area contributed by atoms with Gasteiger partial charge in [-0.2, -0.15) is 0 Å². The zero-order valence-corrected chi connectivity index (χ0v) is 11.0. The van der Waals surface area contributed by atoms with Gasteiger partial charge in [0, 0.05) is 25.1 Å². The Kier molecular flexibility index (Phi) is 5.35. The van der Waals surface area contributed by atoms with E-state index in [2.05, 4.69) is 10.5 Å². The molecule has 2 N–H and O–H groups in total. The van der Waals surface area contributed by atoms with Crippen LogP contribution in [0.25, 0.3) is 0 Å². The maximum Gasteiger partial charge on any atom is 0.273 e. The van der Waals surface area contributed by atoms with Crippen LogP contribution < -0.4 is 5.32 Å². The number of aliphatic hydroxyl groups is 1. The highest BCUT2D eigenvalue weighted by Crippen LogP contribution is 2.23. The van der Waals surface area contributed by atoms with Crippen LogP contribution in [0.5, 0.6) is 0 Å². The van der Waals surface area contributed by atoms with Crippen LogP contribution in [0.3, 0.4) is 0 Å². The van der Waals surface area contributed by atoms with Crippen molar-refractivity contribution < 1.29 is 19.2 Å². The molecule has 0 unspecified atom stereocenters. The van der Waals surface area contributed by atoms with Crippen molar-refractivity contribution in [2.24, 2.45) is 0 Å². The lowest BCUT2D eigenvalue weighted by Gasteiger charge is -2.09. The van der Waals surface area contributed by atoms with E-state index in [4.69, 9.17) is 14.4 Å². The number of aliphatic hydroxyl groups excluding tert-OH is 1. The summed E-state index contributed by atoms with van der Waals surface area (Å²) in [6, 6.07) is 0. The van der Waals surface area contributed by atoms with E-state index >= 15 is 0 Å². The molecule has 1 aliphatic rings. The summed E-state index contributed by atoms with van der Waals surface area (Å²) in [5.41, 5.74) is 1.41. The van der Waals surface area contributed by atoms with Gasteiger partial charge in [-0.25, -0.2) is 0 Å². The summed E-state index contributed by atoms with van der Waals surface area (Å²) < 4.78 is 10.3. The van der Waals surface area contributed by atoms with Crippen LogP contribution in [0.4, 0.5) is 0 Å². The molecule has 6 nitrogen and oxygen atoms in total. The number of hydrogen-bond acceptors (Lipinski definition) is 5. The van der Waals surface area contributed by atoms with Crippen molar-refractivity contribution in [3.05, 3.63) is 17.0 Å². The van der Waals surface area contributed by atoms with Crippen molar-refractivity contribution >= 4 is 5.91 Å². The van der Waals surface area contributed by atoms with Gasteiger partial charge in [-0.15, -0.1) is 0 Å². The first-order chi connectivity index (χ1) is 9.33. The molecule has 0 aliphatic heterocycles. The van der Waals surface area contributed by atoms with Crippen molar-refractivity contribution in [1.82, 2.24) is 10.5 Å². The zero-order chi connectivity index (χ0) is 13.5. The summed E-state index contributed by atoms with van der Waals surface area (Å²) in [5.74, 6) is 0.691. The van der Waals surface area contributed by atoms with Crippen LogP contribution in [-0.4, -0.2) is 42.5 Å². The van der Waals surface area contributed by atoms with E-state index in [1.807, 2.05) is 0 Å². The molecule has 1 aromatic heterocycles. The van der Waals surface area contributed by atoms with Gasteiger partial charge in [-0.1, -0.05) is 5.16 Å². The molecule has 0 fully saturated rings. The van der Waals surface area contributed by atoms with Gasteiger partial charge in [0.05, 0.1) is 13.2 Å². The number of rotatable bonds is 7. The quantitative estimate of drug-likeness (QED) is 0.710. The van der Waals surface area contributed by atoms with Crippen molar-refractivity contribution in [3.63, 3.8) is 0 Å². The first kappa shape index (κ1) is 14.0. The fraction of sp³-hybridized carbons (Fsp3) is 0.692. The minimum Gasteiger partial charge on any atom is -0.394 e. The molecule has 0 atom stereocenters. The molecule has 0 spiro atoms. The molecular weight excluding hydrogens is 248 g/mol. The summed E-state index contributed by atoms with van der Waals surface area (Å²) >= 11 is 0. The second-order valence-corrected chi connectivity index (χ2v) is 4.59. The average Bonchev–Trinajstić information content (AvgIpc) is 2.86. The van der Waals surface area contributed by atoms with E-state index in [1.165, 1.54) is 0 Å². The van der Waals surface area contributed by atoms with Crippen molar-refractivity contribution in [2.45, 2.75) is 32.1 Å². The highest BCUT2D eigenvalue weighted by Gasteiger charge is 2.23. The van der Waals surface area contributed by atoms with Gasteiger partial charge in [0.2, 0.25) is 0 Å². The SMILES string of the molecule is O=C(NCCCOCCO)c1noc2c1CCCC2. The highest BCUT2D eigenvalue weighted by molar-refractivity contribution is 5.93. The normalized spacial score (nSPS) is 14.2. The maximum atomic E-state index is 12.0. The number of nitrogens with one attached hydrogen (secondary N) is 1. The first-order valence-electron chi connectivity index (χ1n) is 6.77. The second-order valence-electron chi connectivity index (χ2n) is 4.59. The van der Waals surface area contributed by atoms with Gasteiger partial charge in [0.15, 0.2) is 5.69 Å². The lowest BCUT2D eigenvalue weighted by Crippen LogP contribution is -2.27. The number of carbonyl (C=O) groups is 1. The fourth-order valence-corrected chi connectivity index (χ4v) is 2.19. The van der Waals surface area contributed by atoms with E-state index < -0.39 is 0 Å². The fourth-order valence-electron chi connectivity index (χ4n) is 2.19. The molecule has 0 aromatic carbocycles. The Morgan fingerprint density at radius 1 is 1.37 bits per heavy atom. The first-order valence-corrected chi connectivity index (χ1v) is 6.77. The predicted molar refractivity (Wildman–Crippen MR) is 68.0 cm³/mol. The van der Waals surface area contributed by atoms with Gasteiger partial charge < -0.3 is 19.7 Å². The Hall–Kier alpha value is -1.40. The molecule has 0 saturated carbocycles. The number of aryl methyl sites for hydroxylation is 1. The molecule has 1 amide bonds. The molecule has 6 heteroatoms. The number of nitrogens with zero attached hydrogens (tertiary/aromatic N) is 1. The lowest BCUT2D eigenvalue weighted by molar-refractivity contribution is 0.0864. The van der Waals surface area contributed by atoms with Gasteiger partial charge in [-0.3, -0.25) is 4.79 Å². The summed E-state index contributed by atoms with van der Waals surface area (Å²) in [6.45, 7) is 1.42. The highest BCUT2D eigenvalue weighted by atomic mass is 16.5. The van der Waals surface area contributed by atoms with Crippen LogP contribution in [0, 0.1) is 0 Å². The largest absolute Gasteiger partial charge is 0.394 e. The van der Waals surface area contributed by atoms with E-state index in [1.54, 1.807) is 0 Å². The van der Waals surface area contributed by atoms with E-state index in [0.717, 1.165) is 37.0 Å². The van der Waals surface area contributed by atoms with Crippen LogP contribution in [0.2, 0.25) is 0 Å². The molecule has 106 valence electrons. The van der Waals surface area contributed by atoms with E-state index in [0.29, 0.717) is 31.9 Å². The van der Waals surface area contributed by atoms with E-state index in [9.17, 15) is 4.79 Å². The molecule has 1 aromatic rings. The van der Waals surface area contributed by atoms with Gasteiger partial charge in [0.25, 0.3) is 5.91 Å². The minimum absolute atomic E-state index is 0.0252. The van der Waals surface area contributed by atoms with Gasteiger partial charge in [0.1, 0.15) is 5.76 Å². The summed E-state index contributed by atoms with van der Waals surface area (Å²) in [7, 11) is 0. The molecule has 0 radical (unpaired) electrons. The Balaban J connectivity index is 1.75. The molecule has 1 aliphatic carbocycles. The Morgan fingerprint density at radius 3 is 3.05 bits per heavy atom. The summed E-state index contributed by atoms with van der Waals surface area (Å²) in [5, 5.41) is 15.2. The van der Waals surface area contributed by atoms with Crippen molar-refractivity contribution in [1.29, 1.82) is 0 Å². The molecule has 0 saturated heterocycles. The number of aromatic nitrogens is 1. The zero-order valence-electron chi connectivity index (χ0n) is 11.0. The summed E-state index contributed by atoms with van der Waals surface area (Å²) in [6.07, 6.45) is 4.66. The van der Waals surface area contributed by atoms with E-state index in [-0.39, 0.29) is 12.5 Å². The number of hydrogen-bond donors (Lipinski definition) is 2. The van der Waals surface area contributed by atoms with Gasteiger partial charge >= 0.3 is 0 Å². The lowest BCUT2D eigenvalue weighted by atomic mass is 9.96. The number of fused-ring (bicyclic) bond motifs is 1. The molecule has 2 rings (SSSR count). The third-order valence-electron chi connectivity index (χ3n) is 3.15. The van der Waals surface area contributed by atoms with Crippen molar-refractivity contribution in [3.8, 4) is 0 Å². The summed E-state index contributed by atoms with van der Waals surface area (Å²) in [4.78, 5) is 12.0. The molecule has 19 heavy (non-hydrogen) atoms. The maximum absolute atomic E-state index is 12.0. The van der Waals surface area contributed by atoms with Crippen molar-refractivity contribution in [2.75, 3.05) is 26.4 Å². The Morgan fingerprint density at radius 2 is 2.21 bits per heavy atom. The number of carbonyl (C=O) groups excluding carboxylic acids is 1. The molecular formula is C13H20N2O4. The predicted octanol–water partition coefficient (Wildman–Crippen LogP) is 0.682. The molecule has 1 heterocycles. The minimum atomic E-state index is -0.172. The standard InChI is InChI=1S/C13H20N2O4/c16-7-9-18-8-3-6-14-13(17)12-10-4-1-2-5-11(10)19-15-12/h16H,1-9H2,(H,14,17). The number of ether oxygens (including phenoxy) is 1. The molecule has 0 bridgehead atoms. The van der Waals surface area contributed by atoms with Crippen LogP contribution >= 0.6 is 0 Å². The van der Waals surface area contributed by atoms with Gasteiger partial charge in [-0.05, 0) is 25.7 Å². The second kappa shape index (κ2) is 7.25. The Labute approximate surface area is 112 Å².